The molecule has 0 radical (unpaired) electrons. The molecule has 0 bridgehead atoms. The van der Waals surface area contributed by atoms with Gasteiger partial charge in [-0.3, -0.25) is 14.9 Å². The summed E-state index contributed by atoms with van der Waals surface area (Å²) in [5, 5.41) is 16.1. The van der Waals surface area contributed by atoms with E-state index in [0.29, 0.717) is 24.2 Å². The van der Waals surface area contributed by atoms with Crippen LogP contribution >= 0.6 is 0 Å². The van der Waals surface area contributed by atoms with E-state index in [1.807, 2.05) is 6.07 Å². The number of fused-ring (bicyclic) bond motifs is 5. The predicted octanol–water partition coefficient (Wildman–Crippen LogP) is 4.38. The highest BCUT2D eigenvalue weighted by molar-refractivity contribution is 5.92. The maximum absolute atomic E-state index is 11.8. The minimum Gasteiger partial charge on any atom is -0.419 e. The summed E-state index contributed by atoms with van der Waals surface area (Å²) >= 11 is 0. The van der Waals surface area contributed by atoms with E-state index in [9.17, 15) is 14.9 Å². The van der Waals surface area contributed by atoms with Crippen LogP contribution in [-0.4, -0.2) is 23.7 Å². The van der Waals surface area contributed by atoms with Crippen LogP contribution in [0.1, 0.15) is 63.0 Å². The van der Waals surface area contributed by atoms with Gasteiger partial charge in [-0.15, -0.1) is 0 Å². The summed E-state index contributed by atoms with van der Waals surface area (Å²) < 4.78 is 5.12. The Bertz CT molecular complexity index is 865. The number of carbonyl (C=O) groups excluding carboxylic acids is 1. The molecule has 0 saturated heterocycles. The topological polar surface area (TPSA) is 91.0 Å². The van der Waals surface area contributed by atoms with Crippen LogP contribution in [-0.2, 0) is 16.1 Å². The summed E-state index contributed by atoms with van der Waals surface area (Å²) in [5.41, 5.74) is 3.02. The fraction of sp³-hybridized carbons (Fsp3) is 0.619. The Morgan fingerprint density at radius 3 is 2.75 bits per heavy atom. The minimum atomic E-state index is -0.541. The van der Waals surface area contributed by atoms with Crippen LogP contribution in [0.2, 0.25) is 0 Å². The first-order valence-electron chi connectivity index (χ1n) is 9.96. The smallest absolute Gasteiger partial charge is 0.315 e. The van der Waals surface area contributed by atoms with Gasteiger partial charge >= 0.3 is 11.7 Å². The van der Waals surface area contributed by atoms with Crippen molar-refractivity contribution in [2.75, 3.05) is 7.11 Å². The van der Waals surface area contributed by atoms with Gasteiger partial charge in [0.05, 0.1) is 10.6 Å². The third kappa shape index (κ3) is 2.79. The monoisotopic (exact) mass is 386 g/mol. The van der Waals surface area contributed by atoms with Crippen molar-refractivity contribution in [2.45, 2.75) is 58.3 Å². The van der Waals surface area contributed by atoms with Crippen molar-refractivity contribution in [3.8, 4) is 5.75 Å². The highest BCUT2D eigenvalue weighted by Gasteiger charge is 2.54. The molecule has 150 valence electrons. The van der Waals surface area contributed by atoms with E-state index in [-0.39, 0.29) is 16.9 Å². The summed E-state index contributed by atoms with van der Waals surface area (Å²) in [4.78, 5) is 27.8. The molecule has 3 aliphatic rings. The van der Waals surface area contributed by atoms with E-state index in [1.165, 1.54) is 12.6 Å². The van der Waals surface area contributed by atoms with Crippen molar-refractivity contribution in [1.29, 1.82) is 0 Å². The van der Waals surface area contributed by atoms with Crippen LogP contribution in [0, 0.1) is 27.4 Å². The number of rotatable bonds is 3. The van der Waals surface area contributed by atoms with Gasteiger partial charge in [0.15, 0.2) is 0 Å². The van der Waals surface area contributed by atoms with E-state index in [2.05, 4.69) is 12.1 Å². The largest absolute Gasteiger partial charge is 0.419 e. The lowest BCUT2D eigenvalue weighted by Gasteiger charge is -2.48. The summed E-state index contributed by atoms with van der Waals surface area (Å²) in [6.07, 6.45) is 5.63. The SMILES string of the molecule is CO/N=C1/CCC2C3CCc4c(ccc(OC(C)=O)c4[N+](=O)[O-])C3CCC12C. The Morgan fingerprint density at radius 2 is 2.07 bits per heavy atom. The molecular formula is C21H26N2O5. The van der Waals surface area contributed by atoms with E-state index < -0.39 is 10.9 Å². The number of nitrogens with zero attached hydrogens (tertiary/aromatic N) is 2. The number of hydrogen-bond donors (Lipinski definition) is 0. The first-order chi connectivity index (χ1) is 13.4. The molecule has 0 aliphatic heterocycles. The van der Waals surface area contributed by atoms with Gasteiger partial charge in [0, 0.05) is 17.9 Å². The van der Waals surface area contributed by atoms with Gasteiger partial charge in [-0.05, 0) is 67.9 Å². The van der Waals surface area contributed by atoms with E-state index in [0.717, 1.165) is 43.2 Å². The normalized spacial score (nSPS) is 32.2. The van der Waals surface area contributed by atoms with Crippen molar-refractivity contribution >= 4 is 17.4 Å². The Kier molecular flexibility index (Phi) is 4.63. The van der Waals surface area contributed by atoms with E-state index >= 15 is 0 Å². The lowest BCUT2D eigenvalue weighted by Crippen LogP contribution is -2.42. The highest BCUT2D eigenvalue weighted by Crippen LogP contribution is 2.60. The second-order valence-electron chi connectivity index (χ2n) is 8.46. The third-order valence-corrected chi connectivity index (χ3v) is 7.22. The number of carbonyl (C=O) groups is 1. The molecule has 3 aliphatic carbocycles. The number of nitro groups is 1. The number of nitro benzene ring substituents is 1. The fourth-order valence-corrected chi connectivity index (χ4v) is 6.11. The van der Waals surface area contributed by atoms with Crippen molar-refractivity contribution in [3.05, 3.63) is 33.4 Å². The van der Waals surface area contributed by atoms with Crippen LogP contribution in [0.15, 0.2) is 17.3 Å². The van der Waals surface area contributed by atoms with E-state index in [1.54, 1.807) is 13.2 Å². The fourth-order valence-electron chi connectivity index (χ4n) is 6.11. The summed E-state index contributed by atoms with van der Waals surface area (Å²) in [7, 11) is 1.60. The predicted molar refractivity (Wildman–Crippen MR) is 103 cm³/mol. The van der Waals surface area contributed by atoms with Crippen LogP contribution in [0.3, 0.4) is 0 Å². The first kappa shape index (κ1) is 18.9. The molecule has 0 amide bonds. The molecule has 2 saturated carbocycles. The Hall–Kier alpha value is -2.44. The third-order valence-electron chi connectivity index (χ3n) is 7.22. The maximum atomic E-state index is 11.8. The minimum absolute atomic E-state index is 0.0347. The van der Waals surface area contributed by atoms with Crippen LogP contribution < -0.4 is 4.74 Å². The molecule has 0 spiro atoms. The summed E-state index contributed by atoms with van der Waals surface area (Å²) in [6, 6.07) is 3.54. The molecule has 0 N–H and O–H groups in total. The molecular weight excluding hydrogens is 360 g/mol. The number of hydrogen-bond acceptors (Lipinski definition) is 6. The average molecular weight is 386 g/mol. The van der Waals surface area contributed by atoms with Crippen LogP contribution in [0.5, 0.6) is 5.75 Å². The molecule has 4 unspecified atom stereocenters. The lowest BCUT2D eigenvalue weighted by atomic mass is 9.55. The zero-order valence-corrected chi connectivity index (χ0v) is 16.6. The Balaban J connectivity index is 1.72. The van der Waals surface area contributed by atoms with Gasteiger partial charge < -0.3 is 9.57 Å². The van der Waals surface area contributed by atoms with Gasteiger partial charge in [-0.1, -0.05) is 18.1 Å². The zero-order chi connectivity index (χ0) is 20.1. The Morgan fingerprint density at radius 1 is 1.29 bits per heavy atom. The maximum Gasteiger partial charge on any atom is 0.315 e. The number of esters is 1. The number of oxime groups is 1. The van der Waals surface area contributed by atoms with Crippen molar-refractivity contribution < 1.29 is 19.3 Å². The Labute approximate surface area is 164 Å². The molecule has 0 heterocycles. The quantitative estimate of drug-likeness (QED) is 0.333. The van der Waals surface area contributed by atoms with Gasteiger partial charge in [0.2, 0.25) is 5.75 Å². The average Bonchev–Trinajstić information content (AvgIpc) is 2.97. The van der Waals surface area contributed by atoms with Crippen LogP contribution in [0.4, 0.5) is 5.69 Å². The van der Waals surface area contributed by atoms with Crippen molar-refractivity contribution in [1.82, 2.24) is 0 Å². The molecule has 4 atom stereocenters. The molecule has 0 aromatic heterocycles. The molecule has 7 nitrogen and oxygen atoms in total. The van der Waals surface area contributed by atoms with Gasteiger partial charge in [0.25, 0.3) is 0 Å². The summed E-state index contributed by atoms with van der Waals surface area (Å²) in [5.74, 6) is 0.857. The standard InChI is InChI=1S/C21H26N2O5/c1-12(24)28-18-8-6-13-14-10-11-21(2)17(7-9-19(21)22-27-3)15(14)4-5-16(13)20(18)23(25)26/h6,8,14-15,17H,4-5,7,9-11H2,1-3H3/b22-19-. The molecule has 1 aromatic rings. The van der Waals surface area contributed by atoms with E-state index in [4.69, 9.17) is 9.57 Å². The van der Waals surface area contributed by atoms with Gasteiger partial charge in [-0.25, -0.2) is 0 Å². The molecule has 2 fully saturated rings. The van der Waals surface area contributed by atoms with Crippen molar-refractivity contribution in [2.24, 2.45) is 22.4 Å². The number of ether oxygens (including phenoxy) is 1. The molecule has 4 rings (SSSR count). The molecule has 1 aromatic carbocycles. The van der Waals surface area contributed by atoms with Crippen molar-refractivity contribution in [3.63, 3.8) is 0 Å². The number of benzene rings is 1. The lowest BCUT2D eigenvalue weighted by molar-refractivity contribution is -0.386. The zero-order valence-electron chi connectivity index (χ0n) is 16.6. The second kappa shape index (κ2) is 6.87. The summed E-state index contributed by atoms with van der Waals surface area (Å²) in [6.45, 7) is 3.57. The van der Waals surface area contributed by atoms with Gasteiger partial charge in [0.1, 0.15) is 7.11 Å². The van der Waals surface area contributed by atoms with Gasteiger partial charge in [-0.2, -0.15) is 0 Å². The molecule has 28 heavy (non-hydrogen) atoms. The second-order valence-corrected chi connectivity index (χ2v) is 8.46. The molecule has 7 heteroatoms. The highest BCUT2D eigenvalue weighted by atomic mass is 16.6. The van der Waals surface area contributed by atoms with Crippen LogP contribution in [0.25, 0.3) is 0 Å². The first-order valence-corrected chi connectivity index (χ1v) is 9.96.